The van der Waals surface area contributed by atoms with Crippen LogP contribution in [0.25, 0.3) is 16.8 Å². The predicted molar refractivity (Wildman–Crippen MR) is 106 cm³/mol. The summed E-state index contributed by atoms with van der Waals surface area (Å²) < 4.78 is 1.96. The summed E-state index contributed by atoms with van der Waals surface area (Å²) in [5, 5.41) is 3.42. The zero-order valence-corrected chi connectivity index (χ0v) is 16.8. The number of imidazole rings is 1. The maximum atomic E-state index is 13.4. The molecule has 5 nitrogen and oxygen atoms in total. The van der Waals surface area contributed by atoms with Crippen LogP contribution in [0.2, 0.25) is 0 Å². The average molecular weight is 377 g/mol. The lowest BCUT2D eigenvalue weighted by Gasteiger charge is -2.42. The van der Waals surface area contributed by atoms with Gasteiger partial charge in [0.25, 0.3) is 0 Å². The molecule has 5 rings (SSSR count). The third-order valence-electron chi connectivity index (χ3n) is 7.37. The number of aromatic amines is 2. The molecule has 0 radical (unpaired) electrons. The Kier molecular flexibility index (Phi) is 3.67. The van der Waals surface area contributed by atoms with Crippen molar-refractivity contribution in [3.05, 3.63) is 54.7 Å². The fourth-order valence-electron chi connectivity index (χ4n) is 5.89. The molecule has 3 heterocycles. The number of H-pyrrole nitrogens is 2. The standard InChI is InChI=1S/C23H26N4O/c1-22(2)16-7-10-23(3,14-16)21(22)26-20(28)19-25-18(15-8-11-24-12-9-15)17-6-4-5-13-27(17)19/h4-6,8-9,11-13,16,21H,7,10,14H2,1-3H3,(H,26,28)/p+2/t16-,21+,23+/m1/s1. The van der Waals surface area contributed by atoms with E-state index in [9.17, 15) is 4.79 Å². The first-order chi connectivity index (χ1) is 13.4. The molecule has 0 aliphatic heterocycles. The van der Waals surface area contributed by atoms with Gasteiger partial charge in [0.15, 0.2) is 23.6 Å². The molecule has 2 aliphatic rings. The second-order valence-electron chi connectivity index (χ2n) is 9.41. The van der Waals surface area contributed by atoms with Crippen LogP contribution in [0.15, 0.2) is 48.9 Å². The van der Waals surface area contributed by atoms with E-state index in [1.54, 1.807) is 0 Å². The van der Waals surface area contributed by atoms with Crippen LogP contribution in [0.1, 0.15) is 50.7 Å². The topological polar surface area (TPSA) is 63.1 Å². The van der Waals surface area contributed by atoms with Crippen molar-refractivity contribution >= 4 is 11.4 Å². The molecule has 2 bridgehead atoms. The Morgan fingerprint density at radius 3 is 2.71 bits per heavy atom. The Bertz CT molecular complexity index is 1050. The lowest BCUT2D eigenvalue weighted by atomic mass is 9.68. The molecular weight excluding hydrogens is 348 g/mol. The molecule has 144 valence electrons. The van der Waals surface area contributed by atoms with E-state index in [1.807, 2.05) is 53.3 Å². The second kappa shape index (κ2) is 5.90. The van der Waals surface area contributed by atoms with Crippen molar-refractivity contribution in [2.45, 2.75) is 46.1 Å². The minimum atomic E-state index is -0.0261. The zero-order chi connectivity index (χ0) is 19.5. The number of nitrogens with one attached hydrogen (secondary N) is 3. The second-order valence-corrected chi connectivity index (χ2v) is 9.41. The highest BCUT2D eigenvalue weighted by molar-refractivity contribution is 5.91. The fourth-order valence-corrected chi connectivity index (χ4v) is 5.89. The molecule has 1 amide bonds. The Morgan fingerprint density at radius 2 is 2.00 bits per heavy atom. The van der Waals surface area contributed by atoms with E-state index in [-0.39, 0.29) is 22.8 Å². The maximum Gasteiger partial charge on any atom is 0.351 e. The first kappa shape index (κ1) is 17.4. The SMILES string of the molecule is CC1(C)[C@@H]2CC[C@@](C)(C2)[C@H]1NC(=O)c1[nH]c(-c2cc[nH+]cc2)c2cccc[n+]12. The number of pyridine rings is 2. The summed E-state index contributed by atoms with van der Waals surface area (Å²) in [6, 6.07) is 10.2. The summed E-state index contributed by atoms with van der Waals surface area (Å²) in [7, 11) is 0. The van der Waals surface area contributed by atoms with E-state index in [0.717, 1.165) is 16.8 Å². The predicted octanol–water partition coefficient (Wildman–Crippen LogP) is 3.18. The van der Waals surface area contributed by atoms with E-state index in [0.29, 0.717) is 11.7 Å². The largest absolute Gasteiger partial charge is 0.351 e. The minimum absolute atomic E-state index is 0.0261. The molecular formula is C23H28N4O+2. The van der Waals surface area contributed by atoms with Gasteiger partial charge in [0.2, 0.25) is 0 Å². The zero-order valence-electron chi connectivity index (χ0n) is 16.8. The smallest absolute Gasteiger partial charge is 0.342 e. The summed E-state index contributed by atoms with van der Waals surface area (Å²) >= 11 is 0. The van der Waals surface area contributed by atoms with Crippen molar-refractivity contribution in [1.29, 1.82) is 0 Å². The Morgan fingerprint density at radius 1 is 1.21 bits per heavy atom. The lowest BCUT2D eigenvalue weighted by molar-refractivity contribution is -0.514. The quantitative estimate of drug-likeness (QED) is 0.678. The van der Waals surface area contributed by atoms with Crippen LogP contribution in [0.4, 0.5) is 0 Å². The highest BCUT2D eigenvalue weighted by atomic mass is 16.2. The first-order valence-electron chi connectivity index (χ1n) is 10.2. The summed E-state index contributed by atoms with van der Waals surface area (Å²) in [4.78, 5) is 19.9. The van der Waals surface area contributed by atoms with Crippen molar-refractivity contribution in [2.24, 2.45) is 16.7 Å². The van der Waals surface area contributed by atoms with Gasteiger partial charge >= 0.3 is 11.7 Å². The monoisotopic (exact) mass is 376 g/mol. The fraction of sp³-hybridized carbons (Fsp3) is 0.435. The molecule has 3 aromatic rings. The molecule has 0 spiro atoms. The molecule has 0 aromatic carbocycles. The molecule has 2 saturated carbocycles. The van der Waals surface area contributed by atoms with Gasteiger partial charge in [0, 0.05) is 23.7 Å². The third kappa shape index (κ3) is 2.42. The van der Waals surface area contributed by atoms with E-state index in [2.05, 4.69) is 36.1 Å². The van der Waals surface area contributed by atoms with Crippen LogP contribution in [-0.4, -0.2) is 16.9 Å². The van der Waals surface area contributed by atoms with Gasteiger partial charge in [0.05, 0.1) is 6.20 Å². The van der Waals surface area contributed by atoms with Gasteiger partial charge in [-0.3, -0.25) is 4.79 Å². The number of aromatic nitrogens is 3. The molecule has 0 saturated heterocycles. The normalized spacial score (nSPS) is 28.0. The van der Waals surface area contributed by atoms with E-state index >= 15 is 0 Å². The number of carbonyl (C=O) groups is 1. The van der Waals surface area contributed by atoms with E-state index in [4.69, 9.17) is 0 Å². The van der Waals surface area contributed by atoms with Crippen molar-refractivity contribution in [3.63, 3.8) is 0 Å². The van der Waals surface area contributed by atoms with Gasteiger partial charge in [-0.25, -0.2) is 9.97 Å². The Hall–Kier alpha value is -2.69. The number of amides is 1. The van der Waals surface area contributed by atoms with Crippen molar-refractivity contribution in [2.75, 3.05) is 0 Å². The van der Waals surface area contributed by atoms with Crippen LogP contribution in [0.5, 0.6) is 0 Å². The van der Waals surface area contributed by atoms with E-state index < -0.39 is 0 Å². The van der Waals surface area contributed by atoms with Crippen LogP contribution < -0.4 is 14.7 Å². The number of hydrogen-bond acceptors (Lipinski definition) is 1. The third-order valence-corrected chi connectivity index (χ3v) is 7.37. The molecule has 3 aromatic heterocycles. The highest BCUT2D eigenvalue weighted by Gasteiger charge is 2.60. The molecule has 2 fully saturated rings. The van der Waals surface area contributed by atoms with Gasteiger partial charge in [-0.1, -0.05) is 26.8 Å². The number of hydrogen-bond donors (Lipinski definition) is 2. The number of nitrogens with zero attached hydrogens (tertiary/aromatic N) is 1. The van der Waals surface area contributed by atoms with Gasteiger partial charge in [-0.2, -0.15) is 4.40 Å². The summed E-state index contributed by atoms with van der Waals surface area (Å²) in [6.45, 7) is 6.98. The average Bonchev–Trinajstić information content (AvgIpc) is 3.33. The van der Waals surface area contributed by atoms with Gasteiger partial charge in [0.1, 0.15) is 0 Å². The van der Waals surface area contributed by atoms with Crippen LogP contribution >= 0.6 is 0 Å². The minimum Gasteiger partial charge on any atom is -0.342 e. The van der Waals surface area contributed by atoms with Crippen molar-refractivity contribution in [1.82, 2.24) is 10.3 Å². The summed E-state index contributed by atoms with van der Waals surface area (Å²) in [5.74, 6) is 1.26. The first-order valence-corrected chi connectivity index (χ1v) is 10.2. The number of carbonyl (C=O) groups excluding carboxylic acids is 1. The van der Waals surface area contributed by atoms with Crippen molar-refractivity contribution in [3.8, 4) is 11.3 Å². The molecule has 2 aliphatic carbocycles. The van der Waals surface area contributed by atoms with Crippen molar-refractivity contribution < 1.29 is 14.2 Å². The van der Waals surface area contributed by atoms with Gasteiger partial charge in [-0.15, -0.1) is 0 Å². The number of fused-ring (bicyclic) bond motifs is 3. The Labute approximate surface area is 165 Å². The van der Waals surface area contributed by atoms with Crippen LogP contribution in [-0.2, 0) is 0 Å². The van der Waals surface area contributed by atoms with Gasteiger partial charge in [-0.05, 0) is 48.1 Å². The van der Waals surface area contributed by atoms with E-state index in [1.165, 1.54) is 19.3 Å². The maximum absolute atomic E-state index is 13.4. The number of rotatable bonds is 3. The van der Waals surface area contributed by atoms with Crippen LogP contribution in [0.3, 0.4) is 0 Å². The molecule has 0 unspecified atom stereocenters. The lowest BCUT2D eigenvalue weighted by Crippen LogP contribution is -2.53. The molecule has 5 heteroatoms. The Balaban J connectivity index is 1.54. The molecule has 3 atom stereocenters. The van der Waals surface area contributed by atoms with Gasteiger partial charge < -0.3 is 5.32 Å². The summed E-state index contributed by atoms with van der Waals surface area (Å²) in [5.41, 5.74) is 3.34. The van der Waals surface area contributed by atoms with Crippen LogP contribution in [0, 0.1) is 16.7 Å². The highest BCUT2D eigenvalue weighted by Crippen LogP contribution is 2.62. The summed E-state index contributed by atoms with van der Waals surface area (Å²) in [6.07, 6.45) is 9.45. The molecule has 28 heavy (non-hydrogen) atoms. The molecule has 3 N–H and O–H groups in total.